The summed E-state index contributed by atoms with van der Waals surface area (Å²) in [5, 5.41) is 11.8. The van der Waals surface area contributed by atoms with Gasteiger partial charge in [0.15, 0.2) is 12.4 Å². The molecule has 1 aromatic rings. The highest BCUT2D eigenvalue weighted by atomic mass is 19.4. The molecule has 0 spiro atoms. The van der Waals surface area contributed by atoms with E-state index in [4.69, 9.17) is 14.2 Å². The molecule has 0 radical (unpaired) electrons. The molecule has 1 heterocycles. The SMILES string of the molecule is CCCCCC1(CCCCC)O[C@@H]2[C@@H](C=C(C(=O)NCCO)C[C@H]2OC(=O)c2ccccc2C=CC(=O)OCC(F)(F)F)O1. The summed E-state index contributed by atoms with van der Waals surface area (Å²) in [5.74, 6) is -3.30. The molecule has 3 atom stereocenters. The maximum absolute atomic E-state index is 13.5. The lowest BCUT2D eigenvalue weighted by molar-refractivity contribution is -0.190. The van der Waals surface area contributed by atoms with Gasteiger partial charge in [-0.25, -0.2) is 9.59 Å². The van der Waals surface area contributed by atoms with Gasteiger partial charge in [-0.1, -0.05) is 57.7 Å². The molecule has 1 saturated heterocycles. The Morgan fingerprint density at radius 3 is 2.39 bits per heavy atom. The molecule has 0 bridgehead atoms. The van der Waals surface area contributed by atoms with Crippen molar-refractivity contribution in [3.8, 4) is 0 Å². The zero-order valence-electron chi connectivity index (χ0n) is 25.2. The number of hydrogen-bond acceptors (Lipinski definition) is 8. The highest BCUT2D eigenvalue weighted by Gasteiger charge is 2.52. The lowest BCUT2D eigenvalue weighted by atomic mass is 9.91. The number of nitrogens with one attached hydrogen (secondary N) is 1. The molecule has 1 aromatic carbocycles. The fourth-order valence-electron chi connectivity index (χ4n) is 5.27. The summed E-state index contributed by atoms with van der Waals surface area (Å²) >= 11 is 0. The number of halogens is 3. The number of carbonyl (C=O) groups is 3. The normalized spacial score (nSPS) is 21.0. The van der Waals surface area contributed by atoms with E-state index in [1.54, 1.807) is 18.2 Å². The predicted molar refractivity (Wildman–Crippen MR) is 155 cm³/mol. The molecule has 244 valence electrons. The first-order valence-corrected chi connectivity index (χ1v) is 15.2. The number of amides is 1. The van der Waals surface area contributed by atoms with Crippen LogP contribution in [-0.4, -0.2) is 73.0 Å². The first-order valence-electron chi connectivity index (χ1n) is 15.2. The third-order valence-electron chi connectivity index (χ3n) is 7.41. The molecule has 12 heteroatoms. The van der Waals surface area contributed by atoms with Crippen LogP contribution in [0.2, 0.25) is 0 Å². The monoisotopic (exact) mass is 625 g/mol. The van der Waals surface area contributed by atoms with Crippen LogP contribution in [0.15, 0.2) is 42.0 Å². The van der Waals surface area contributed by atoms with Gasteiger partial charge < -0.3 is 29.4 Å². The zero-order chi connectivity index (χ0) is 32.2. The largest absolute Gasteiger partial charge is 0.456 e. The van der Waals surface area contributed by atoms with Crippen molar-refractivity contribution in [3.05, 3.63) is 53.1 Å². The average molecular weight is 626 g/mol. The maximum atomic E-state index is 13.5. The molecular weight excluding hydrogens is 583 g/mol. The van der Waals surface area contributed by atoms with Crippen molar-refractivity contribution in [3.63, 3.8) is 0 Å². The molecule has 9 nitrogen and oxygen atoms in total. The number of ether oxygens (including phenoxy) is 4. The number of rotatable bonds is 16. The minimum atomic E-state index is -4.67. The van der Waals surface area contributed by atoms with Gasteiger partial charge in [-0.05, 0) is 36.6 Å². The van der Waals surface area contributed by atoms with Gasteiger partial charge >= 0.3 is 18.1 Å². The summed E-state index contributed by atoms with van der Waals surface area (Å²) < 4.78 is 60.4. The van der Waals surface area contributed by atoms with E-state index in [-0.39, 0.29) is 30.7 Å². The van der Waals surface area contributed by atoms with E-state index in [2.05, 4.69) is 23.9 Å². The molecule has 2 aliphatic rings. The topological polar surface area (TPSA) is 120 Å². The average Bonchev–Trinajstić information content (AvgIpc) is 3.36. The summed E-state index contributed by atoms with van der Waals surface area (Å²) in [6, 6.07) is 6.13. The Morgan fingerprint density at radius 2 is 1.75 bits per heavy atom. The van der Waals surface area contributed by atoms with Crippen molar-refractivity contribution in [2.24, 2.45) is 0 Å². The van der Waals surface area contributed by atoms with E-state index < -0.39 is 54.7 Å². The number of carbonyl (C=O) groups excluding carboxylic acids is 3. The molecule has 0 aromatic heterocycles. The zero-order valence-corrected chi connectivity index (χ0v) is 25.2. The van der Waals surface area contributed by atoms with E-state index in [1.807, 2.05) is 0 Å². The van der Waals surface area contributed by atoms with Gasteiger partial charge in [0, 0.05) is 37.5 Å². The van der Waals surface area contributed by atoms with Crippen LogP contribution in [-0.2, 0) is 28.5 Å². The molecule has 2 N–H and O–H groups in total. The molecule has 1 aliphatic heterocycles. The highest BCUT2D eigenvalue weighted by Crippen LogP contribution is 2.43. The second-order valence-corrected chi connectivity index (χ2v) is 11.0. The van der Waals surface area contributed by atoms with Crippen LogP contribution in [0.3, 0.4) is 0 Å². The Morgan fingerprint density at radius 1 is 1.07 bits per heavy atom. The van der Waals surface area contributed by atoms with E-state index in [1.165, 1.54) is 18.2 Å². The lowest BCUT2D eigenvalue weighted by Gasteiger charge is -2.31. The van der Waals surface area contributed by atoms with Crippen LogP contribution in [0.4, 0.5) is 13.2 Å². The molecule has 3 rings (SSSR count). The Kier molecular flexibility index (Phi) is 13.4. The van der Waals surface area contributed by atoms with Crippen LogP contribution in [0.5, 0.6) is 0 Å². The van der Waals surface area contributed by atoms with Crippen molar-refractivity contribution < 1.29 is 51.6 Å². The van der Waals surface area contributed by atoms with Crippen molar-refractivity contribution in [2.45, 2.75) is 102 Å². The fraction of sp³-hybridized carbons (Fsp3) is 0.594. The summed E-state index contributed by atoms with van der Waals surface area (Å²) in [6.07, 6.45) is 3.89. The molecule has 1 fully saturated rings. The smallest absolute Gasteiger partial charge is 0.422 e. The van der Waals surface area contributed by atoms with Crippen LogP contribution in [0.1, 0.15) is 87.6 Å². The van der Waals surface area contributed by atoms with Gasteiger partial charge in [-0.3, -0.25) is 4.79 Å². The van der Waals surface area contributed by atoms with Crippen molar-refractivity contribution in [2.75, 3.05) is 19.8 Å². The number of alkyl halides is 3. The Balaban J connectivity index is 1.84. The Labute approximate surface area is 255 Å². The van der Waals surface area contributed by atoms with E-state index in [0.29, 0.717) is 18.4 Å². The number of unbranched alkanes of at least 4 members (excludes halogenated alkanes) is 4. The van der Waals surface area contributed by atoms with Crippen LogP contribution in [0.25, 0.3) is 6.08 Å². The van der Waals surface area contributed by atoms with Crippen molar-refractivity contribution in [1.82, 2.24) is 5.32 Å². The predicted octanol–water partition coefficient (Wildman–Crippen LogP) is 5.41. The van der Waals surface area contributed by atoms with Gasteiger partial charge in [-0.15, -0.1) is 0 Å². The fourth-order valence-corrected chi connectivity index (χ4v) is 5.27. The quantitative estimate of drug-likeness (QED) is 0.142. The Hall–Kier alpha value is -3.22. The second-order valence-electron chi connectivity index (χ2n) is 11.0. The van der Waals surface area contributed by atoms with Crippen molar-refractivity contribution >= 4 is 23.9 Å². The number of aliphatic hydroxyl groups excluding tert-OH is 1. The van der Waals surface area contributed by atoms with Gasteiger partial charge in [0.2, 0.25) is 5.91 Å². The first kappa shape index (κ1) is 35.3. The number of hydrogen-bond donors (Lipinski definition) is 2. The third kappa shape index (κ3) is 10.4. The number of esters is 2. The Bertz CT molecular complexity index is 1170. The minimum Gasteiger partial charge on any atom is -0.456 e. The minimum absolute atomic E-state index is 0.0370. The van der Waals surface area contributed by atoms with Crippen LogP contribution >= 0.6 is 0 Å². The first-order chi connectivity index (χ1) is 21.0. The third-order valence-corrected chi connectivity index (χ3v) is 7.41. The van der Waals surface area contributed by atoms with Crippen molar-refractivity contribution in [1.29, 1.82) is 0 Å². The molecule has 1 amide bonds. The summed E-state index contributed by atoms with van der Waals surface area (Å²) in [7, 11) is 0. The maximum Gasteiger partial charge on any atom is 0.422 e. The van der Waals surface area contributed by atoms with Crippen LogP contribution < -0.4 is 5.32 Å². The van der Waals surface area contributed by atoms with Crippen LogP contribution in [0, 0.1) is 0 Å². The van der Waals surface area contributed by atoms with E-state index >= 15 is 0 Å². The summed E-state index contributed by atoms with van der Waals surface area (Å²) in [6.45, 7) is 2.29. The van der Waals surface area contributed by atoms with E-state index in [0.717, 1.165) is 44.6 Å². The van der Waals surface area contributed by atoms with Gasteiger partial charge in [0.25, 0.3) is 0 Å². The standard InChI is InChI=1S/C32H42F3NO8/c1-3-5-9-15-31(16-10-6-4-2)43-26-20-23(29(39)36-17-18-37)19-25(28(26)44-31)42-30(40)24-12-8-7-11-22(24)13-14-27(38)41-21-32(33,34)35/h7-8,11-14,20,25-26,28,37H,3-6,9-10,15-19,21H2,1-2H3,(H,36,39)/t25-,26-,28+/m1/s1. The number of aliphatic hydroxyl groups is 1. The molecule has 0 saturated carbocycles. The highest BCUT2D eigenvalue weighted by molar-refractivity contribution is 5.96. The summed E-state index contributed by atoms with van der Waals surface area (Å²) in [5.41, 5.74) is 0.614. The molecular formula is C32H42F3NO8. The summed E-state index contributed by atoms with van der Waals surface area (Å²) in [4.78, 5) is 38.2. The second kappa shape index (κ2) is 16.7. The van der Waals surface area contributed by atoms with E-state index in [9.17, 15) is 32.7 Å². The lowest BCUT2D eigenvalue weighted by Crippen LogP contribution is -2.44. The molecule has 0 unspecified atom stereocenters. The van der Waals surface area contributed by atoms with Gasteiger partial charge in [0.1, 0.15) is 18.3 Å². The van der Waals surface area contributed by atoms with Gasteiger partial charge in [0.05, 0.1) is 12.2 Å². The molecule has 44 heavy (non-hydrogen) atoms. The number of benzene rings is 1. The molecule has 1 aliphatic carbocycles. The number of fused-ring (bicyclic) bond motifs is 1. The van der Waals surface area contributed by atoms with Gasteiger partial charge in [-0.2, -0.15) is 13.2 Å².